The van der Waals surface area contributed by atoms with Gasteiger partial charge in [-0.2, -0.15) is 0 Å². The lowest BCUT2D eigenvalue weighted by Gasteiger charge is -2.19. The summed E-state index contributed by atoms with van der Waals surface area (Å²) in [5.74, 6) is 0.941. The van der Waals surface area contributed by atoms with Crippen molar-refractivity contribution in [2.24, 2.45) is 0 Å². The highest BCUT2D eigenvalue weighted by atomic mass is 16.5. The minimum Gasteiger partial charge on any atom is -0.497 e. The highest BCUT2D eigenvalue weighted by molar-refractivity contribution is 5.86. The Bertz CT molecular complexity index is 785. The summed E-state index contributed by atoms with van der Waals surface area (Å²) in [5.41, 5.74) is 2.01. The van der Waals surface area contributed by atoms with Crippen molar-refractivity contribution < 1.29 is 24.1 Å². The van der Waals surface area contributed by atoms with Crippen LogP contribution < -0.4 is 14.2 Å². The maximum Gasteiger partial charge on any atom is 0.328 e. The van der Waals surface area contributed by atoms with E-state index in [2.05, 4.69) is 32.9 Å². The summed E-state index contributed by atoms with van der Waals surface area (Å²) in [6.45, 7) is 7.19. The van der Waals surface area contributed by atoms with Crippen LogP contribution in [0.25, 0.3) is 6.08 Å². The molecule has 0 aliphatic heterocycles. The predicted octanol–water partition coefficient (Wildman–Crippen LogP) is 4.55. The van der Waals surface area contributed by atoms with Crippen LogP contribution in [0.1, 0.15) is 31.9 Å². The molecule has 0 unspecified atom stereocenters. The van der Waals surface area contributed by atoms with Crippen LogP contribution in [0.4, 0.5) is 0 Å². The lowest BCUT2D eigenvalue weighted by atomic mass is 9.87. The summed E-state index contributed by atoms with van der Waals surface area (Å²) in [6, 6.07) is 13.3. The van der Waals surface area contributed by atoms with Gasteiger partial charge >= 0.3 is 5.97 Å². The van der Waals surface area contributed by atoms with E-state index in [4.69, 9.17) is 19.3 Å². The van der Waals surface area contributed by atoms with Crippen molar-refractivity contribution >= 4 is 12.0 Å². The third-order valence-electron chi connectivity index (χ3n) is 3.96. The van der Waals surface area contributed by atoms with Crippen molar-refractivity contribution in [1.29, 1.82) is 0 Å². The van der Waals surface area contributed by atoms with Crippen LogP contribution in [0, 0.1) is 0 Å². The Hall–Kier alpha value is -2.95. The van der Waals surface area contributed by atoms with E-state index in [1.54, 1.807) is 25.3 Å². The molecule has 0 heterocycles. The molecule has 0 aliphatic carbocycles. The molecule has 0 bridgehead atoms. The minimum absolute atomic E-state index is 0.105. The van der Waals surface area contributed by atoms with Gasteiger partial charge in [-0.25, -0.2) is 4.79 Å². The zero-order valence-corrected chi connectivity index (χ0v) is 16.2. The van der Waals surface area contributed by atoms with Crippen LogP contribution in [0.5, 0.6) is 17.2 Å². The molecule has 27 heavy (non-hydrogen) atoms. The lowest BCUT2D eigenvalue weighted by Crippen LogP contribution is -2.12. The molecular formula is C22H26O5. The van der Waals surface area contributed by atoms with Gasteiger partial charge < -0.3 is 19.3 Å². The normalized spacial score (nSPS) is 11.4. The van der Waals surface area contributed by atoms with Crippen LogP contribution in [0.15, 0.2) is 48.5 Å². The summed E-state index contributed by atoms with van der Waals surface area (Å²) in [4.78, 5) is 10.7. The zero-order valence-electron chi connectivity index (χ0n) is 16.2. The van der Waals surface area contributed by atoms with Gasteiger partial charge in [-0.05, 0) is 41.3 Å². The molecule has 0 radical (unpaired) electrons. The van der Waals surface area contributed by atoms with Gasteiger partial charge in [0.2, 0.25) is 0 Å². The van der Waals surface area contributed by atoms with Gasteiger partial charge in [0.05, 0.1) is 7.11 Å². The van der Waals surface area contributed by atoms with E-state index in [9.17, 15) is 4.79 Å². The molecule has 5 nitrogen and oxygen atoms in total. The Morgan fingerprint density at radius 3 is 2.22 bits per heavy atom. The second kappa shape index (κ2) is 9.12. The van der Waals surface area contributed by atoms with Gasteiger partial charge in [-0.15, -0.1) is 0 Å². The van der Waals surface area contributed by atoms with Gasteiger partial charge in [-0.3, -0.25) is 0 Å². The molecule has 0 aromatic heterocycles. The smallest absolute Gasteiger partial charge is 0.328 e. The summed E-state index contributed by atoms with van der Waals surface area (Å²) in [6.07, 6.45) is 2.56. The second-order valence-corrected chi connectivity index (χ2v) is 7.05. The third-order valence-corrected chi connectivity index (χ3v) is 3.96. The molecular weight excluding hydrogens is 344 g/mol. The van der Waals surface area contributed by atoms with E-state index in [0.29, 0.717) is 30.3 Å². The summed E-state index contributed by atoms with van der Waals surface area (Å²) < 4.78 is 16.7. The Morgan fingerprint density at radius 1 is 1.00 bits per heavy atom. The van der Waals surface area contributed by atoms with E-state index < -0.39 is 5.97 Å². The average molecular weight is 370 g/mol. The number of benzene rings is 2. The molecule has 1 N–H and O–H groups in total. The van der Waals surface area contributed by atoms with Crippen molar-refractivity contribution in [3.8, 4) is 17.2 Å². The Morgan fingerprint density at radius 2 is 1.63 bits per heavy atom. The van der Waals surface area contributed by atoms with Gasteiger partial charge in [0.25, 0.3) is 0 Å². The number of rotatable bonds is 8. The maximum absolute atomic E-state index is 10.7. The molecule has 2 aromatic carbocycles. The number of carboxylic acids is 1. The van der Waals surface area contributed by atoms with Crippen molar-refractivity contribution in [2.75, 3.05) is 20.3 Å². The van der Waals surface area contributed by atoms with E-state index in [1.165, 1.54) is 11.6 Å². The fourth-order valence-electron chi connectivity index (χ4n) is 2.43. The molecule has 0 fully saturated rings. The number of carbonyl (C=O) groups is 1. The number of hydrogen-bond donors (Lipinski definition) is 1. The largest absolute Gasteiger partial charge is 0.497 e. The van der Waals surface area contributed by atoms with Crippen LogP contribution in [-0.4, -0.2) is 31.4 Å². The van der Waals surface area contributed by atoms with Gasteiger partial charge in [0, 0.05) is 17.7 Å². The van der Waals surface area contributed by atoms with Gasteiger partial charge in [0.15, 0.2) is 0 Å². The van der Waals surface area contributed by atoms with E-state index in [1.807, 2.05) is 12.1 Å². The number of ether oxygens (including phenoxy) is 3. The highest BCUT2D eigenvalue weighted by Gasteiger charge is 2.13. The molecule has 0 amide bonds. The van der Waals surface area contributed by atoms with Crippen LogP contribution in [-0.2, 0) is 10.2 Å². The second-order valence-electron chi connectivity index (χ2n) is 7.05. The lowest BCUT2D eigenvalue weighted by molar-refractivity contribution is -0.131. The Labute approximate surface area is 160 Å². The van der Waals surface area contributed by atoms with Crippen molar-refractivity contribution in [3.05, 3.63) is 59.7 Å². The summed E-state index contributed by atoms with van der Waals surface area (Å²) in [5, 5.41) is 8.80. The third kappa shape index (κ3) is 6.37. The van der Waals surface area contributed by atoms with Crippen molar-refractivity contribution in [3.63, 3.8) is 0 Å². The van der Waals surface area contributed by atoms with Crippen molar-refractivity contribution in [2.45, 2.75) is 26.2 Å². The molecule has 0 saturated carbocycles. The first kappa shape index (κ1) is 20.4. The number of aliphatic carboxylic acids is 1. The molecule has 0 saturated heterocycles. The number of hydrogen-bond acceptors (Lipinski definition) is 4. The first-order chi connectivity index (χ1) is 12.8. The van der Waals surface area contributed by atoms with E-state index in [-0.39, 0.29) is 5.41 Å². The summed E-state index contributed by atoms with van der Waals surface area (Å²) >= 11 is 0. The first-order valence-corrected chi connectivity index (χ1v) is 8.75. The van der Waals surface area contributed by atoms with Crippen LogP contribution in [0.3, 0.4) is 0 Å². The SMILES string of the molecule is COc1ccc(C=CC(=O)O)c(OCCOc2ccc(C(C)(C)C)cc2)c1. The van der Waals surface area contributed by atoms with Crippen molar-refractivity contribution in [1.82, 2.24) is 0 Å². The van der Waals surface area contributed by atoms with Crippen LogP contribution in [0.2, 0.25) is 0 Å². The maximum atomic E-state index is 10.7. The molecule has 5 heteroatoms. The summed E-state index contributed by atoms with van der Waals surface area (Å²) in [7, 11) is 1.57. The highest BCUT2D eigenvalue weighted by Crippen LogP contribution is 2.26. The fourth-order valence-corrected chi connectivity index (χ4v) is 2.43. The quantitative estimate of drug-likeness (QED) is 0.545. The topological polar surface area (TPSA) is 65.0 Å². The number of methoxy groups -OCH3 is 1. The zero-order chi connectivity index (χ0) is 19.9. The average Bonchev–Trinajstić information content (AvgIpc) is 2.63. The molecule has 144 valence electrons. The van der Waals surface area contributed by atoms with Gasteiger partial charge in [0.1, 0.15) is 30.5 Å². The van der Waals surface area contributed by atoms with Crippen LogP contribution >= 0.6 is 0 Å². The van der Waals surface area contributed by atoms with E-state index >= 15 is 0 Å². The predicted molar refractivity (Wildman–Crippen MR) is 106 cm³/mol. The molecule has 2 rings (SSSR count). The van der Waals surface area contributed by atoms with E-state index in [0.717, 1.165) is 11.8 Å². The number of carboxylic acid groups (broad SMARTS) is 1. The Balaban J connectivity index is 1.95. The monoisotopic (exact) mass is 370 g/mol. The molecule has 0 spiro atoms. The molecule has 2 aromatic rings. The fraction of sp³-hybridized carbons (Fsp3) is 0.318. The Kier molecular flexibility index (Phi) is 6.88. The van der Waals surface area contributed by atoms with Gasteiger partial charge in [-0.1, -0.05) is 32.9 Å². The minimum atomic E-state index is -1.01. The molecule has 0 aliphatic rings. The molecule has 0 atom stereocenters. The first-order valence-electron chi connectivity index (χ1n) is 8.75. The standard InChI is InChI=1S/C22H26O5/c1-22(2,3)17-7-10-18(11-8-17)26-13-14-27-20-15-19(25-4)9-5-16(20)6-12-21(23)24/h5-12,15H,13-14H2,1-4H3,(H,23,24).